The highest BCUT2D eigenvalue weighted by molar-refractivity contribution is 6.62. The molecule has 2 aliphatic heterocycles. The van der Waals surface area contributed by atoms with Crippen molar-refractivity contribution in [2.45, 2.75) is 65.1 Å². The van der Waals surface area contributed by atoms with E-state index in [1.54, 1.807) is 6.07 Å². The van der Waals surface area contributed by atoms with Gasteiger partial charge in [-0.15, -0.1) is 0 Å². The van der Waals surface area contributed by atoms with Gasteiger partial charge in [0.25, 0.3) is 5.69 Å². The van der Waals surface area contributed by atoms with Crippen LogP contribution in [0.1, 0.15) is 52.5 Å². The fourth-order valence-corrected chi connectivity index (χ4v) is 3.46. The zero-order valence-corrected chi connectivity index (χ0v) is 15.8. The molecule has 136 valence electrons. The standard InChI is InChI=1S/C18H27BN2O4/c1-13-11-15(20-9-7-6-8-10-20)16(21(22)23)12-14(13)19-24-17(2,3)18(4,5)25-19/h11-12H,6-10H2,1-5H3. The third kappa shape index (κ3) is 3.27. The SMILES string of the molecule is Cc1cc(N2CCCCC2)c([N+](=O)[O-])cc1B1OC(C)(C)C(C)(C)O1. The van der Waals surface area contributed by atoms with Gasteiger partial charge in [-0.05, 0) is 71.0 Å². The smallest absolute Gasteiger partial charge is 0.399 e. The number of hydrogen-bond donors (Lipinski definition) is 0. The molecule has 2 fully saturated rings. The number of nitro groups is 1. The van der Waals surface area contributed by atoms with Gasteiger partial charge >= 0.3 is 7.12 Å². The van der Waals surface area contributed by atoms with Gasteiger partial charge < -0.3 is 14.2 Å². The molecule has 6 nitrogen and oxygen atoms in total. The van der Waals surface area contributed by atoms with Crippen LogP contribution in [0, 0.1) is 17.0 Å². The van der Waals surface area contributed by atoms with E-state index >= 15 is 0 Å². The van der Waals surface area contributed by atoms with Gasteiger partial charge in [0, 0.05) is 19.2 Å². The predicted octanol–water partition coefficient (Wildman–Crippen LogP) is 3.19. The summed E-state index contributed by atoms with van der Waals surface area (Å²) in [4.78, 5) is 13.5. The lowest BCUT2D eigenvalue weighted by Crippen LogP contribution is -2.41. The van der Waals surface area contributed by atoms with E-state index in [0.717, 1.165) is 37.0 Å². The van der Waals surface area contributed by atoms with Gasteiger partial charge in [-0.1, -0.05) is 0 Å². The maximum absolute atomic E-state index is 11.7. The van der Waals surface area contributed by atoms with E-state index in [4.69, 9.17) is 9.31 Å². The third-order valence-corrected chi connectivity index (χ3v) is 5.76. The third-order valence-electron chi connectivity index (χ3n) is 5.76. The van der Waals surface area contributed by atoms with E-state index in [-0.39, 0.29) is 10.6 Å². The highest BCUT2D eigenvalue weighted by Crippen LogP contribution is 2.38. The number of rotatable bonds is 3. The average Bonchev–Trinajstić information content (AvgIpc) is 2.75. The van der Waals surface area contributed by atoms with Crippen LogP contribution >= 0.6 is 0 Å². The first-order valence-electron chi connectivity index (χ1n) is 9.02. The van der Waals surface area contributed by atoms with Crippen molar-refractivity contribution in [1.82, 2.24) is 0 Å². The Balaban J connectivity index is 1.99. The first-order chi connectivity index (χ1) is 11.6. The molecule has 1 aromatic carbocycles. The van der Waals surface area contributed by atoms with Crippen molar-refractivity contribution in [2.24, 2.45) is 0 Å². The van der Waals surface area contributed by atoms with Gasteiger partial charge in [-0.3, -0.25) is 10.1 Å². The Labute approximate surface area is 149 Å². The van der Waals surface area contributed by atoms with Crippen LogP contribution in [0.25, 0.3) is 0 Å². The number of nitro benzene ring substituents is 1. The number of piperidine rings is 1. The molecule has 0 radical (unpaired) electrons. The van der Waals surface area contributed by atoms with Gasteiger partial charge in [-0.25, -0.2) is 0 Å². The van der Waals surface area contributed by atoms with Crippen LogP contribution in [0.3, 0.4) is 0 Å². The van der Waals surface area contributed by atoms with Gasteiger partial charge in [0.05, 0.1) is 16.1 Å². The molecule has 0 aliphatic carbocycles. The predicted molar refractivity (Wildman–Crippen MR) is 99.6 cm³/mol. The maximum Gasteiger partial charge on any atom is 0.495 e. The number of aryl methyl sites for hydroxylation is 1. The van der Waals surface area contributed by atoms with E-state index in [0.29, 0.717) is 5.69 Å². The zero-order chi connectivity index (χ0) is 18.4. The molecule has 25 heavy (non-hydrogen) atoms. The van der Waals surface area contributed by atoms with E-state index in [1.165, 1.54) is 6.42 Å². The van der Waals surface area contributed by atoms with Gasteiger partial charge in [0.2, 0.25) is 0 Å². The number of anilines is 1. The van der Waals surface area contributed by atoms with Crippen LogP contribution in [0.5, 0.6) is 0 Å². The minimum atomic E-state index is -0.584. The summed E-state index contributed by atoms with van der Waals surface area (Å²) >= 11 is 0. The highest BCUT2D eigenvalue weighted by Gasteiger charge is 2.52. The largest absolute Gasteiger partial charge is 0.495 e. The second-order valence-corrected chi connectivity index (χ2v) is 8.09. The van der Waals surface area contributed by atoms with Crippen molar-refractivity contribution in [3.8, 4) is 0 Å². The number of benzene rings is 1. The molecule has 2 saturated heterocycles. The van der Waals surface area contributed by atoms with E-state index in [9.17, 15) is 10.1 Å². The molecule has 0 amide bonds. The maximum atomic E-state index is 11.7. The number of hydrogen-bond acceptors (Lipinski definition) is 5. The van der Waals surface area contributed by atoms with Crippen molar-refractivity contribution < 1.29 is 14.2 Å². The molecule has 1 aromatic rings. The first-order valence-corrected chi connectivity index (χ1v) is 9.02. The molecular weight excluding hydrogens is 319 g/mol. The van der Waals surface area contributed by atoms with Gasteiger partial charge in [-0.2, -0.15) is 0 Å². The molecule has 0 aromatic heterocycles. The molecule has 0 unspecified atom stereocenters. The van der Waals surface area contributed by atoms with Crippen molar-refractivity contribution in [3.63, 3.8) is 0 Å². The summed E-state index contributed by atoms with van der Waals surface area (Å²) in [5.74, 6) is 0. The lowest BCUT2D eigenvalue weighted by atomic mass is 9.75. The Bertz CT molecular complexity index is 668. The van der Waals surface area contributed by atoms with Crippen molar-refractivity contribution in [1.29, 1.82) is 0 Å². The Morgan fingerprint density at radius 2 is 1.64 bits per heavy atom. The van der Waals surface area contributed by atoms with Crippen molar-refractivity contribution in [3.05, 3.63) is 27.8 Å². The fraction of sp³-hybridized carbons (Fsp3) is 0.667. The lowest BCUT2D eigenvalue weighted by molar-refractivity contribution is -0.384. The summed E-state index contributed by atoms with van der Waals surface area (Å²) < 4.78 is 12.2. The molecule has 2 aliphatic rings. The fourth-order valence-electron chi connectivity index (χ4n) is 3.46. The highest BCUT2D eigenvalue weighted by atomic mass is 16.7. The van der Waals surface area contributed by atoms with Crippen LogP contribution in [0.2, 0.25) is 0 Å². The second-order valence-electron chi connectivity index (χ2n) is 8.09. The van der Waals surface area contributed by atoms with E-state index < -0.39 is 18.3 Å². The molecular formula is C18H27BN2O4. The van der Waals surface area contributed by atoms with E-state index in [1.807, 2.05) is 40.7 Å². The molecule has 2 heterocycles. The van der Waals surface area contributed by atoms with Gasteiger partial charge in [0.1, 0.15) is 5.69 Å². The second kappa shape index (κ2) is 6.29. The summed E-state index contributed by atoms with van der Waals surface area (Å²) in [6.07, 6.45) is 3.35. The first kappa shape index (κ1) is 18.2. The minimum absolute atomic E-state index is 0.136. The minimum Gasteiger partial charge on any atom is -0.399 e. The normalized spacial score (nSPS) is 22.3. The summed E-state index contributed by atoms with van der Waals surface area (Å²) in [7, 11) is -0.584. The Kier molecular flexibility index (Phi) is 4.58. The monoisotopic (exact) mass is 346 g/mol. The molecule has 0 saturated carbocycles. The van der Waals surface area contributed by atoms with Crippen LogP contribution in [-0.2, 0) is 9.31 Å². The van der Waals surface area contributed by atoms with E-state index in [2.05, 4.69) is 4.90 Å². The van der Waals surface area contributed by atoms with Crippen molar-refractivity contribution in [2.75, 3.05) is 18.0 Å². The Morgan fingerprint density at radius 1 is 1.08 bits per heavy atom. The summed E-state index contributed by atoms with van der Waals surface area (Å²) in [5, 5.41) is 11.7. The topological polar surface area (TPSA) is 64.8 Å². The average molecular weight is 346 g/mol. The zero-order valence-electron chi connectivity index (χ0n) is 15.8. The van der Waals surface area contributed by atoms with Crippen LogP contribution in [0.15, 0.2) is 12.1 Å². The number of nitrogens with zero attached hydrogens (tertiary/aromatic N) is 2. The quantitative estimate of drug-likeness (QED) is 0.478. The molecule has 0 bridgehead atoms. The van der Waals surface area contributed by atoms with Crippen LogP contribution in [-0.4, -0.2) is 36.3 Å². The lowest BCUT2D eigenvalue weighted by Gasteiger charge is -2.32. The molecule has 7 heteroatoms. The Morgan fingerprint density at radius 3 is 2.16 bits per heavy atom. The van der Waals surface area contributed by atoms with Crippen LogP contribution < -0.4 is 10.4 Å². The molecule has 3 rings (SSSR count). The Hall–Kier alpha value is -1.60. The molecule has 0 N–H and O–H groups in total. The summed E-state index contributed by atoms with van der Waals surface area (Å²) in [6.45, 7) is 11.7. The molecule has 0 atom stereocenters. The van der Waals surface area contributed by atoms with Crippen LogP contribution in [0.4, 0.5) is 11.4 Å². The molecule has 0 spiro atoms. The summed E-state index contributed by atoms with van der Waals surface area (Å²) in [5.41, 5.74) is 1.62. The van der Waals surface area contributed by atoms with Gasteiger partial charge in [0.15, 0.2) is 0 Å². The van der Waals surface area contributed by atoms with Crippen molar-refractivity contribution >= 4 is 24.0 Å². The summed E-state index contributed by atoms with van der Waals surface area (Å²) in [6, 6.07) is 3.56.